The molecule has 0 N–H and O–H groups in total. The number of hydrogen-bond acceptors (Lipinski definition) is 4. The minimum Gasteiger partial charge on any atom is -0.493 e. The molecule has 0 spiro atoms. The maximum atomic E-state index is 13.6. The molecular formula is C27H24Cl2N2O2S. The van der Waals surface area contributed by atoms with E-state index < -0.39 is 0 Å². The van der Waals surface area contributed by atoms with E-state index in [1.54, 1.807) is 17.0 Å². The molecular weight excluding hydrogens is 487 g/mol. The lowest BCUT2D eigenvalue weighted by atomic mass is 10.1. The summed E-state index contributed by atoms with van der Waals surface area (Å²) in [6, 6.07) is 18.8. The van der Waals surface area contributed by atoms with Crippen molar-refractivity contribution in [1.29, 1.82) is 0 Å². The van der Waals surface area contributed by atoms with Crippen molar-refractivity contribution < 1.29 is 9.53 Å². The molecule has 1 aliphatic heterocycles. The van der Waals surface area contributed by atoms with Crippen LogP contribution in [0.2, 0.25) is 10.0 Å². The second-order valence-corrected chi connectivity index (χ2v) is 9.72. The third-order valence-corrected chi connectivity index (χ3v) is 7.05. The summed E-state index contributed by atoms with van der Waals surface area (Å²) in [5.41, 5.74) is 4.07. The molecule has 1 amide bonds. The molecule has 174 valence electrons. The van der Waals surface area contributed by atoms with Gasteiger partial charge < -0.3 is 4.74 Å². The molecule has 1 heterocycles. The van der Waals surface area contributed by atoms with Gasteiger partial charge >= 0.3 is 0 Å². The highest BCUT2D eigenvalue weighted by Crippen LogP contribution is 2.39. The van der Waals surface area contributed by atoms with Gasteiger partial charge in [0.2, 0.25) is 0 Å². The van der Waals surface area contributed by atoms with Gasteiger partial charge in [-0.15, -0.1) is 0 Å². The molecule has 1 fully saturated rings. The van der Waals surface area contributed by atoms with Gasteiger partial charge in [0, 0.05) is 15.6 Å². The quantitative estimate of drug-likeness (QED) is 0.313. The summed E-state index contributed by atoms with van der Waals surface area (Å²) in [6.45, 7) is 6.53. The first-order chi connectivity index (χ1) is 16.4. The second kappa shape index (κ2) is 10.7. The molecule has 7 heteroatoms. The first-order valence-electron chi connectivity index (χ1n) is 10.9. The van der Waals surface area contributed by atoms with E-state index in [1.807, 2.05) is 68.5 Å². The third kappa shape index (κ3) is 5.33. The van der Waals surface area contributed by atoms with E-state index in [2.05, 4.69) is 6.92 Å². The van der Waals surface area contributed by atoms with Crippen LogP contribution in [0.25, 0.3) is 6.08 Å². The van der Waals surface area contributed by atoms with E-state index in [0.717, 1.165) is 28.9 Å². The van der Waals surface area contributed by atoms with Crippen LogP contribution in [0.1, 0.15) is 30.0 Å². The Labute approximate surface area is 214 Å². The number of nitrogens with zero attached hydrogens (tertiary/aromatic N) is 2. The molecule has 0 unspecified atom stereocenters. The zero-order chi connectivity index (χ0) is 24.2. The predicted octanol–water partition coefficient (Wildman–Crippen LogP) is 8.21. The highest BCUT2D eigenvalue weighted by atomic mass is 35.5. The van der Waals surface area contributed by atoms with Gasteiger partial charge in [0.15, 0.2) is 5.17 Å². The summed E-state index contributed by atoms with van der Waals surface area (Å²) >= 11 is 14.0. The van der Waals surface area contributed by atoms with Crippen molar-refractivity contribution in [3.63, 3.8) is 0 Å². The number of rotatable bonds is 6. The standard InChI is InChI=1S/C27H24Cl2N2O2S/c1-4-13-33-24-8-6-5-7-19(24)14-25-26(32)31(21-12-10-18(3)23(29)16-21)27(34-25)30-20-11-9-17(2)22(28)15-20/h5-12,14-16H,4,13H2,1-3H3/b25-14+,30-27?. The van der Waals surface area contributed by atoms with Crippen molar-refractivity contribution in [2.24, 2.45) is 4.99 Å². The van der Waals surface area contributed by atoms with Gasteiger partial charge in [-0.25, -0.2) is 4.99 Å². The van der Waals surface area contributed by atoms with Crippen molar-refractivity contribution in [2.75, 3.05) is 11.5 Å². The molecule has 4 nitrogen and oxygen atoms in total. The van der Waals surface area contributed by atoms with E-state index >= 15 is 0 Å². The fourth-order valence-corrected chi connectivity index (χ4v) is 4.68. The summed E-state index contributed by atoms with van der Waals surface area (Å²) in [5, 5.41) is 1.74. The van der Waals surface area contributed by atoms with Crippen LogP contribution < -0.4 is 9.64 Å². The van der Waals surface area contributed by atoms with E-state index in [9.17, 15) is 4.79 Å². The van der Waals surface area contributed by atoms with E-state index in [4.69, 9.17) is 32.9 Å². The maximum Gasteiger partial charge on any atom is 0.271 e. The number of aliphatic imine (C=N–C) groups is 1. The summed E-state index contributed by atoms with van der Waals surface area (Å²) < 4.78 is 5.88. The summed E-state index contributed by atoms with van der Waals surface area (Å²) in [5.74, 6) is 0.568. The number of anilines is 1. The van der Waals surface area contributed by atoms with Crippen molar-refractivity contribution in [2.45, 2.75) is 27.2 Å². The van der Waals surface area contributed by atoms with Crippen LogP contribution in [-0.4, -0.2) is 17.7 Å². The molecule has 0 atom stereocenters. The Kier molecular flexibility index (Phi) is 7.67. The zero-order valence-corrected chi connectivity index (χ0v) is 21.5. The van der Waals surface area contributed by atoms with Crippen molar-refractivity contribution in [1.82, 2.24) is 0 Å². The predicted molar refractivity (Wildman–Crippen MR) is 145 cm³/mol. The molecule has 0 aliphatic carbocycles. The van der Waals surface area contributed by atoms with Crippen LogP contribution in [0, 0.1) is 13.8 Å². The van der Waals surface area contributed by atoms with Crippen molar-refractivity contribution in [3.8, 4) is 5.75 Å². The molecule has 0 aromatic heterocycles. The average Bonchev–Trinajstić information content (AvgIpc) is 3.12. The monoisotopic (exact) mass is 510 g/mol. The van der Waals surface area contributed by atoms with E-state index in [1.165, 1.54) is 11.8 Å². The smallest absolute Gasteiger partial charge is 0.271 e. The summed E-state index contributed by atoms with van der Waals surface area (Å²) in [6.07, 6.45) is 2.75. The lowest BCUT2D eigenvalue weighted by molar-refractivity contribution is -0.113. The first kappa shape index (κ1) is 24.4. The van der Waals surface area contributed by atoms with Crippen LogP contribution in [-0.2, 0) is 4.79 Å². The normalized spacial score (nSPS) is 16.0. The number of amidine groups is 1. The Hall–Kier alpha value is -2.73. The fraction of sp³-hybridized carbons (Fsp3) is 0.185. The molecule has 0 saturated carbocycles. The van der Waals surface area contributed by atoms with Gasteiger partial charge in [-0.3, -0.25) is 9.69 Å². The van der Waals surface area contributed by atoms with Gasteiger partial charge in [0.05, 0.1) is 22.9 Å². The number of hydrogen-bond donors (Lipinski definition) is 0. The maximum absolute atomic E-state index is 13.6. The summed E-state index contributed by atoms with van der Waals surface area (Å²) in [4.78, 5) is 20.5. The number of amides is 1. The Balaban J connectivity index is 1.79. The molecule has 0 radical (unpaired) electrons. The van der Waals surface area contributed by atoms with Gasteiger partial charge in [-0.05, 0) is 79.6 Å². The van der Waals surface area contributed by atoms with Crippen LogP contribution in [0.3, 0.4) is 0 Å². The third-order valence-electron chi connectivity index (χ3n) is 5.27. The number of benzene rings is 3. The number of halogens is 2. The van der Waals surface area contributed by atoms with Crippen LogP contribution in [0.15, 0.2) is 70.6 Å². The number of ether oxygens (including phenoxy) is 1. The molecule has 3 aromatic rings. The fourth-order valence-electron chi connectivity index (χ4n) is 3.34. The highest BCUT2D eigenvalue weighted by Gasteiger charge is 2.35. The lowest BCUT2D eigenvalue weighted by Gasteiger charge is -2.16. The van der Waals surface area contributed by atoms with E-state index in [0.29, 0.717) is 38.1 Å². The number of aryl methyl sites for hydroxylation is 2. The SMILES string of the molecule is CCCOc1ccccc1/C=C1/SC(=Nc2ccc(C)c(Cl)c2)N(c2ccc(C)c(Cl)c2)C1=O. The van der Waals surface area contributed by atoms with Crippen LogP contribution >= 0.6 is 35.0 Å². The minimum atomic E-state index is -0.174. The molecule has 4 rings (SSSR count). The number of carbonyl (C=O) groups excluding carboxylic acids is 1. The number of thioether (sulfide) groups is 1. The Morgan fingerprint density at radius 2 is 1.71 bits per heavy atom. The Morgan fingerprint density at radius 3 is 2.41 bits per heavy atom. The van der Waals surface area contributed by atoms with Gasteiger partial charge in [0.25, 0.3) is 5.91 Å². The van der Waals surface area contributed by atoms with Gasteiger partial charge in [-0.2, -0.15) is 0 Å². The van der Waals surface area contributed by atoms with Crippen molar-refractivity contribution in [3.05, 3.63) is 92.3 Å². The molecule has 1 aliphatic rings. The van der Waals surface area contributed by atoms with Gasteiger partial charge in [0.1, 0.15) is 5.75 Å². The number of para-hydroxylation sites is 1. The van der Waals surface area contributed by atoms with Crippen molar-refractivity contribution >= 4 is 63.5 Å². The average molecular weight is 511 g/mol. The largest absolute Gasteiger partial charge is 0.493 e. The first-order valence-corrected chi connectivity index (χ1v) is 12.5. The lowest BCUT2D eigenvalue weighted by Crippen LogP contribution is -2.28. The van der Waals surface area contributed by atoms with Gasteiger partial charge in [-0.1, -0.05) is 60.5 Å². The molecule has 34 heavy (non-hydrogen) atoms. The van der Waals surface area contributed by atoms with E-state index in [-0.39, 0.29) is 5.91 Å². The molecule has 0 bridgehead atoms. The second-order valence-electron chi connectivity index (χ2n) is 7.90. The highest BCUT2D eigenvalue weighted by molar-refractivity contribution is 8.19. The molecule has 3 aromatic carbocycles. The Bertz CT molecular complexity index is 1300. The topological polar surface area (TPSA) is 41.9 Å². The van der Waals surface area contributed by atoms with Crippen LogP contribution in [0.4, 0.5) is 11.4 Å². The van der Waals surface area contributed by atoms with Crippen LogP contribution in [0.5, 0.6) is 5.75 Å². The summed E-state index contributed by atoms with van der Waals surface area (Å²) in [7, 11) is 0. The molecule has 1 saturated heterocycles. The zero-order valence-electron chi connectivity index (χ0n) is 19.1. The Morgan fingerprint density at radius 1 is 1.00 bits per heavy atom. The minimum absolute atomic E-state index is 0.174. The number of carbonyl (C=O) groups is 1.